The van der Waals surface area contributed by atoms with Crippen LogP contribution in [0.4, 0.5) is 5.69 Å². The summed E-state index contributed by atoms with van der Waals surface area (Å²) in [6, 6.07) is 6.70. The summed E-state index contributed by atoms with van der Waals surface area (Å²) in [5.41, 5.74) is 4.25. The highest BCUT2D eigenvalue weighted by Crippen LogP contribution is 2.37. The normalized spacial score (nSPS) is 22.6. The molecule has 0 radical (unpaired) electrons. The van der Waals surface area contributed by atoms with Crippen molar-refractivity contribution in [1.29, 1.82) is 0 Å². The van der Waals surface area contributed by atoms with Gasteiger partial charge in [-0.05, 0) is 70.1 Å². The van der Waals surface area contributed by atoms with Crippen LogP contribution in [-0.4, -0.2) is 23.8 Å². The van der Waals surface area contributed by atoms with Crippen molar-refractivity contribution >= 4 is 5.69 Å². The lowest BCUT2D eigenvalue weighted by Crippen LogP contribution is -2.51. The Kier molecular flexibility index (Phi) is 4.19. The maximum absolute atomic E-state index is 9.19. The molecule has 0 aromatic heterocycles. The second-order valence-corrected chi connectivity index (χ2v) is 6.63. The number of anilines is 1. The number of hydrogen-bond donors (Lipinski definition) is 1. The molecular formula is C17H27NO. The molecule has 1 aromatic carbocycles. The molecule has 2 rings (SSSR count). The number of aliphatic hydroxyl groups excluding tert-OH is 1. The summed E-state index contributed by atoms with van der Waals surface area (Å²) in [4.78, 5) is 2.55. The lowest BCUT2D eigenvalue weighted by Gasteiger charge is -2.48. The summed E-state index contributed by atoms with van der Waals surface area (Å²) in [7, 11) is 0. The van der Waals surface area contributed by atoms with Crippen LogP contribution in [0.1, 0.15) is 44.2 Å². The van der Waals surface area contributed by atoms with Gasteiger partial charge in [0.05, 0.1) is 0 Å². The van der Waals surface area contributed by atoms with Crippen LogP contribution >= 0.6 is 0 Å². The van der Waals surface area contributed by atoms with Gasteiger partial charge in [0.25, 0.3) is 0 Å². The highest BCUT2D eigenvalue weighted by atomic mass is 16.3. The third-order valence-electron chi connectivity index (χ3n) is 4.53. The largest absolute Gasteiger partial charge is 0.396 e. The molecule has 1 aromatic rings. The Bertz CT molecular complexity index is 439. The Balaban J connectivity index is 2.30. The number of hydrogen-bond acceptors (Lipinski definition) is 2. The van der Waals surface area contributed by atoms with Crippen LogP contribution in [-0.2, 0) is 0 Å². The fraction of sp³-hybridized carbons (Fsp3) is 0.647. The molecule has 2 heteroatoms. The standard InChI is InChI=1S/C17H27NO/c1-13-5-6-14(2)16(11-13)18-12-15(8-10-19)7-9-17(18,3)4/h5-6,11,15,19H,7-10,12H2,1-4H3. The molecule has 0 bridgehead atoms. The molecule has 0 aliphatic carbocycles. The predicted molar refractivity (Wildman–Crippen MR) is 81.8 cm³/mol. The van der Waals surface area contributed by atoms with Gasteiger partial charge in [-0.1, -0.05) is 12.1 Å². The Hall–Kier alpha value is -1.02. The number of rotatable bonds is 3. The van der Waals surface area contributed by atoms with Crippen molar-refractivity contribution in [1.82, 2.24) is 0 Å². The average Bonchev–Trinajstić information content (AvgIpc) is 2.35. The Morgan fingerprint density at radius 2 is 2.05 bits per heavy atom. The first-order valence-corrected chi connectivity index (χ1v) is 7.40. The maximum atomic E-state index is 9.19. The molecule has 19 heavy (non-hydrogen) atoms. The number of piperidine rings is 1. The molecule has 0 spiro atoms. The summed E-state index contributed by atoms with van der Waals surface area (Å²) in [6.07, 6.45) is 3.36. The highest BCUT2D eigenvalue weighted by Gasteiger charge is 2.34. The van der Waals surface area contributed by atoms with Crippen LogP contribution in [0.2, 0.25) is 0 Å². The van der Waals surface area contributed by atoms with E-state index in [2.05, 4.69) is 50.8 Å². The van der Waals surface area contributed by atoms with E-state index >= 15 is 0 Å². The van der Waals surface area contributed by atoms with Crippen molar-refractivity contribution < 1.29 is 5.11 Å². The minimum absolute atomic E-state index is 0.213. The number of aliphatic hydroxyl groups is 1. The minimum Gasteiger partial charge on any atom is -0.396 e. The molecule has 1 heterocycles. The molecule has 1 unspecified atom stereocenters. The lowest BCUT2D eigenvalue weighted by atomic mass is 9.82. The molecule has 1 fully saturated rings. The summed E-state index contributed by atoms with van der Waals surface area (Å²) >= 11 is 0. The number of aryl methyl sites for hydroxylation is 2. The summed E-state index contributed by atoms with van der Waals surface area (Å²) in [5.74, 6) is 0.623. The van der Waals surface area contributed by atoms with E-state index in [1.54, 1.807) is 0 Å². The first kappa shape index (κ1) is 14.4. The molecule has 1 aliphatic heterocycles. The third-order valence-corrected chi connectivity index (χ3v) is 4.53. The SMILES string of the molecule is Cc1ccc(C)c(N2CC(CCO)CCC2(C)C)c1. The number of benzene rings is 1. The van der Waals surface area contributed by atoms with Gasteiger partial charge in [-0.25, -0.2) is 0 Å². The van der Waals surface area contributed by atoms with E-state index in [1.165, 1.54) is 29.7 Å². The van der Waals surface area contributed by atoms with E-state index in [0.717, 1.165) is 13.0 Å². The minimum atomic E-state index is 0.213. The lowest BCUT2D eigenvalue weighted by molar-refractivity contribution is 0.217. The maximum Gasteiger partial charge on any atom is 0.0434 e. The molecule has 2 nitrogen and oxygen atoms in total. The van der Waals surface area contributed by atoms with Gasteiger partial charge in [-0.15, -0.1) is 0 Å². The first-order chi connectivity index (χ1) is 8.94. The van der Waals surface area contributed by atoms with Crippen LogP contribution in [0.15, 0.2) is 18.2 Å². The Labute approximate surface area is 117 Å². The van der Waals surface area contributed by atoms with Gasteiger partial charge < -0.3 is 10.0 Å². The molecule has 1 saturated heterocycles. The predicted octanol–water partition coefficient (Wildman–Crippen LogP) is 3.68. The van der Waals surface area contributed by atoms with Crippen LogP contribution < -0.4 is 4.90 Å². The zero-order valence-electron chi connectivity index (χ0n) is 12.7. The van der Waals surface area contributed by atoms with Crippen molar-refractivity contribution in [3.8, 4) is 0 Å². The van der Waals surface area contributed by atoms with Crippen molar-refractivity contribution in [2.45, 2.75) is 52.5 Å². The highest BCUT2D eigenvalue weighted by molar-refractivity contribution is 5.57. The molecule has 1 N–H and O–H groups in total. The van der Waals surface area contributed by atoms with Gasteiger partial charge in [0.2, 0.25) is 0 Å². The Morgan fingerprint density at radius 1 is 1.32 bits per heavy atom. The van der Waals surface area contributed by atoms with E-state index in [0.29, 0.717) is 12.5 Å². The fourth-order valence-corrected chi connectivity index (χ4v) is 3.14. The second kappa shape index (κ2) is 5.54. The summed E-state index contributed by atoms with van der Waals surface area (Å²) in [5, 5.41) is 9.19. The van der Waals surface area contributed by atoms with Crippen molar-refractivity contribution in [3.63, 3.8) is 0 Å². The van der Waals surface area contributed by atoms with Gasteiger partial charge in [0.1, 0.15) is 0 Å². The molecule has 0 saturated carbocycles. The van der Waals surface area contributed by atoms with E-state index in [4.69, 9.17) is 0 Å². The first-order valence-electron chi connectivity index (χ1n) is 7.40. The van der Waals surface area contributed by atoms with Gasteiger partial charge in [-0.2, -0.15) is 0 Å². The van der Waals surface area contributed by atoms with Gasteiger partial charge >= 0.3 is 0 Å². The third kappa shape index (κ3) is 3.11. The van der Waals surface area contributed by atoms with E-state index in [1.807, 2.05) is 0 Å². The molecular weight excluding hydrogens is 234 g/mol. The van der Waals surface area contributed by atoms with Gasteiger partial charge in [0.15, 0.2) is 0 Å². The molecule has 0 amide bonds. The zero-order chi connectivity index (χ0) is 14.0. The van der Waals surface area contributed by atoms with Gasteiger partial charge in [0, 0.05) is 24.4 Å². The molecule has 106 valence electrons. The van der Waals surface area contributed by atoms with Crippen molar-refractivity contribution in [2.24, 2.45) is 5.92 Å². The molecule has 1 aliphatic rings. The molecule has 1 atom stereocenters. The van der Waals surface area contributed by atoms with Crippen molar-refractivity contribution in [2.75, 3.05) is 18.1 Å². The number of nitrogens with zero attached hydrogens (tertiary/aromatic N) is 1. The van der Waals surface area contributed by atoms with E-state index in [9.17, 15) is 5.11 Å². The van der Waals surface area contributed by atoms with Crippen molar-refractivity contribution in [3.05, 3.63) is 29.3 Å². The average molecular weight is 261 g/mol. The van der Waals surface area contributed by atoms with Gasteiger partial charge in [-0.3, -0.25) is 0 Å². The summed E-state index contributed by atoms with van der Waals surface area (Å²) in [6.45, 7) is 10.4. The van der Waals surface area contributed by atoms with Crippen LogP contribution in [0, 0.1) is 19.8 Å². The topological polar surface area (TPSA) is 23.5 Å². The van der Waals surface area contributed by atoms with Crippen LogP contribution in [0.25, 0.3) is 0 Å². The second-order valence-electron chi connectivity index (χ2n) is 6.63. The van der Waals surface area contributed by atoms with Crippen LogP contribution in [0.3, 0.4) is 0 Å². The summed E-state index contributed by atoms with van der Waals surface area (Å²) < 4.78 is 0. The monoisotopic (exact) mass is 261 g/mol. The Morgan fingerprint density at radius 3 is 2.74 bits per heavy atom. The quantitative estimate of drug-likeness (QED) is 0.897. The zero-order valence-corrected chi connectivity index (χ0v) is 12.7. The smallest absolute Gasteiger partial charge is 0.0434 e. The van der Waals surface area contributed by atoms with E-state index in [-0.39, 0.29) is 5.54 Å². The van der Waals surface area contributed by atoms with E-state index < -0.39 is 0 Å². The van der Waals surface area contributed by atoms with Crippen LogP contribution in [0.5, 0.6) is 0 Å². The fourth-order valence-electron chi connectivity index (χ4n) is 3.14.